The van der Waals surface area contributed by atoms with Crippen LogP contribution in [0.5, 0.6) is 5.75 Å². The van der Waals surface area contributed by atoms with Gasteiger partial charge >= 0.3 is 0 Å². The van der Waals surface area contributed by atoms with E-state index in [9.17, 15) is 5.11 Å². The van der Waals surface area contributed by atoms with Crippen LogP contribution in [0.1, 0.15) is 31.2 Å². The van der Waals surface area contributed by atoms with Gasteiger partial charge in [-0.15, -0.1) is 0 Å². The summed E-state index contributed by atoms with van der Waals surface area (Å²) in [6.45, 7) is 0. The van der Waals surface area contributed by atoms with Gasteiger partial charge in [-0.25, -0.2) is 0 Å². The molecule has 0 bridgehead atoms. The quantitative estimate of drug-likeness (QED) is 0.791. The first-order valence-electron chi connectivity index (χ1n) is 7.56. The first-order valence-corrected chi connectivity index (χ1v) is 7.56. The zero-order valence-electron chi connectivity index (χ0n) is 12.1. The largest absolute Gasteiger partial charge is 0.508 e. The minimum atomic E-state index is 0.309. The molecule has 106 valence electrons. The minimum Gasteiger partial charge on any atom is -0.508 e. The molecule has 1 heteroatoms. The Hall–Kier alpha value is -2.28. The average Bonchev–Trinajstić information content (AvgIpc) is 2.55. The van der Waals surface area contributed by atoms with E-state index in [0.717, 1.165) is 31.2 Å². The molecule has 0 saturated heterocycles. The van der Waals surface area contributed by atoms with Crippen LogP contribution >= 0.6 is 0 Å². The van der Waals surface area contributed by atoms with E-state index in [1.165, 1.54) is 16.7 Å². The van der Waals surface area contributed by atoms with Crippen LogP contribution in [0, 0.1) is 0 Å². The lowest BCUT2D eigenvalue weighted by Crippen LogP contribution is -1.99. The fourth-order valence-electron chi connectivity index (χ4n) is 2.81. The van der Waals surface area contributed by atoms with Crippen LogP contribution in [-0.4, -0.2) is 5.11 Å². The van der Waals surface area contributed by atoms with Gasteiger partial charge in [-0.05, 0) is 60.1 Å². The summed E-state index contributed by atoms with van der Waals surface area (Å²) in [5.41, 5.74) is 5.39. The van der Waals surface area contributed by atoms with Crippen molar-refractivity contribution in [3.63, 3.8) is 0 Å². The molecule has 21 heavy (non-hydrogen) atoms. The van der Waals surface area contributed by atoms with Gasteiger partial charge in [0, 0.05) is 0 Å². The lowest BCUT2D eigenvalue weighted by Gasteiger charge is -2.18. The number of phenols is 1. The number of phenolic OH excluding ortho intramolecular Hbond substituents is 1. The van der Waals surface area contributed by atoms with Crippen LogP contribution in [-0.2, 0) is 0 Å². The molecule has 2 aliphatic carbocycles. The van der Waals surface area contributed by atoms with Gasteiger partial charge in [-0.3, -0.25) is 0 Å². The molecule has 0 heterocycles. The van der Waals surface area contributed by atoms with Crippen LogP contribution in [0.25, 0.3) is 6.08 Å². The van der Waals surface area contributed by atoms with Gasteiger partial charge in [0.25, 0.3) is 0 Å². The number of hydrogen-bond donors (Lipinski definition) is 1. The number of rotatable bonds is 3. The lowest BCUT2D eigenvalue weighted by atomic mass is 9.87. The van der Waals surface area contributed by atoms with Crippen molar-refractivity contribution in [2.24, 2.45) is 0 Å². The maximum atomic E-state index is 9.33. The molecule has 1 N–H and O–H groups in total. The van der Waals surface area contributed by atoms with Gasteiger partial charge in [-0.2, -0.15) is 0 Å². The van der Waals surface area contributed by atoms with Crippen molar-refractivity contribution in [2.45, 2.75) is 25.7 Å². The number of aromatic hydroxyl groups is 1. The van der Waals surface area contributed by atoms with Crippen molar-refractivity contribution in [3.8, 4) is 5.75 Å². The second-order valence-electron chi connectivity index (χ2n) is 5.46. The highest BCUT2D eigenvalue weighted by atomic mass is 16.3. The maximum Gasteiger partial charge on any atom is 0.115 e. The van der Waals surface area contributed by atoms with Crippen molar-refractivity contribution < 1.29 is 5.11 Å². The zero-order chi connectivity index (χ0) is 14.5. The van der Waals surface area contributed by atoms with E-state index in [2.05, 4.69) is 42.5 Å². The van der Waals surface area contributed by atoms with Gasteiger partial charge in [0.05, 0.1) is 0 Å². The highest BCUT2D eigenvalue weighted by Gasteiger charge is 2.11. The van der Waals surface area contributed by atoms with E-state index in [1.54, 1.807) is 12.1 Å². The zero-order valence-corrected chi connectivity index (χ0v) is 12.1. The molecule has 2 aliphatic rings. The van der Waals surface area contributed by atoms with E-state index in [0.29, 0.717) is 5.75 Å². The number of benzene rings is 1. The summed E-state index contributed by atoms with van der Waals surface area (Å²) < 4.78 is 0. The molecule has 1 aromatic carbocycles. The highest BCUT2D eigenvalue weighted by Crippen LogP contribution is 2.31. The smallest absolute Gasteiger partial charge is 0.115 e. The fourth-order valence-corrected chi connectivity index (χ4v) is 2.81. The number of hydrogen-bond acceptors (Lipinski definition) is 1. The third kappa shape index (κ3) is 3.43. The molecule has 3 rings (SSSR count). The third-order valence-corrected chi connectivity index (χ3v) is 3.96. The van der Waals surface area contributed by atoms with Gasteiger partial charge in [-0.1, -0.05) is 54.7 Å². The highest BCUT2D eigenvalue weighted by molar-refractivity contribution is 5.59. The van der Waals surface area contributed by atoms with Crippen molar-refractivity contribution in [1.29, 1.82) is 0 Å². The second-order valence-corrected chi connectivity index (χ2v) is 5.46. The van der Waals surface area contributed by atoms with Crippen molar-refractivity contribution >= 4 is 6.08 Å². The number of allylic oxidation sites excluding steroid dienone is 9. The molecule has 0 aromatic heterocycles. The molecular weight excluding hydrogens is 256 g/mol. The molecule has 1 aromatic rings. The molecule has 0 amide bonds. The summed E-state index contributed by atoms with van der Waals surface area (Å²) in [7, 11) is 0. The standard InChI is InChI=1S/C20H20O/c21-19-14-11-16(12-15-19)10-13-18-8-4-5-9-20(18)17-6-2-1-3-7-17/h1-2,4,6,8,10-15,21H,3,5,7,9H2. The topological polar surface area (TPSA) is 20.2 Å². The van der Waals surface area contributed by atoms with Gasteiger partial charge < -0.3 is 5.11 Å². The van der Waals surface area contributed by atoms with E-state index in [-0.39, 0.29) is 0 Å². The van der Waals surface area contributed by atoms with Gasteiger partial charge in [0.1, 0.15) is 5.75 Å². The molecule has 0 fully saturated rings. The molecule has 0 radical (unpaired) electrons. The lowest BCUT2D eigenvalue weighted by molar-refractivity contribution is 0.475. The Labute approximate surface area is 126 Å². The normalized spacial score (nSPS) is 18.4. The molecule has 0 aliphatic heterocycles. The van der Waals surface area contributed by atoms with Crippen LogP contribution < -0.4 is 0 Å². The second kappa shape index (κ2) is 6.45. The molecule has 0 spiro atoms. The van der Waals surface area contributed by atoms with Crippen molar-refractivity contribution in [3.05, 3.63) is 83.0 Å². The summed E-state index contributed by atoms with van der Waals surface area (Å²) >= 11 is 0. The maximum absolute atomic E-state index is 9.33. The van der Waals surface area contributed by atoms with Crippen molar-refractivity contribution in [1.82, 2.24) is 0 Å². The summed E-state index contributed by atoms with van der Waals surface area (Å²) in [6, 6.07) is 7.31. The predicted molar refractivity (Wildman–Crippen MR) is 89.0 cm³/mol. The summed E-state index contributed by atoms with van der Waals surface area (Å²) in [5.74, 6) is 0.309. The minimum absolute atomic E-state index is 0.309. The monoisotopic (exact) mass is 276 g/mol. The molecular formula is C20H20O. The SMILES string of the molecule is Oc1ccc(C=CC2=C(C3=CC=CCC3)CCC=C2)cc1. The Morgan fingerprint density at radius 2 is 1.71 bits per heavy atom. The van der Waals surface area contributed by atoms with E-state index in [1.807, 2.05) is 12.1 Å². The molecule has 0 unspecified atom stereocenters. The van der Waals surface area contributed by atoms with Crippen LogP contribution in [0.15, 0.2) is 77.4 Å². The van der Waals surface area contributed by atoms with Gasteiger partial charge in [0.2, 0.25) is 0 Å². The first kappa shape index (κ1) is 13.7. The summed E-state index contributed by atoms with van der Waals surface area (Å²) in [6.07, 6.45) is 20.0. The Morgan fingerprint density at radius 1 is 0.905 bits per heavy atom. The third-order valence-electron chi connectivity index (χ3n) is 3.96. The van der Waals surface area contributed by atoms with Crippen LogP contribution in [0.2, 0.25) is 0 Å². The average molecular weight is 276 g/mol. The Balaban J connectivity index is 1.88. The summed E-state index contributed by atoms with van der Waals surface area (Å²) in [5, 5.41) is 9.33. The fraction of sp³-hybridized carbons (Fsp3) is 0.200. The van der Waals surface area contributed by atoms with E-state index < -0.39 is 0 Å². The van der Waals surface area contributed by atoms with Crippen molar-refractivity contribution in [2.75, 3.05) is 0 Å². The summed E-state index contributed by atoms with van der Waals surface area (Å²) in [4.78, 5) is 0. The van der Waals surface area contributed by atoms with E-state index in [4.69, 9.17) is 0 Å². The Morgan fingerprint density at radius 3 is 2.48 bits per heavy atom. The Bertz CT molecular complexity index is 652. The molecule has 0 saturated carbocycles. The van der Waals surface area contributed by atoms with Crippen LogP contribution in [0.3, 0.4) is 0 Å². The predicted octanol–water partition coefficient (Wildman–Crippen LogP) is 5.33. The Kier molecular flexibility index (Phi) is 4.20. The first-order chi connectivity index (χ1) is 10.3. The molecule has 0 atom stereocenters. The van der Waals surface area contributed by atoms with Crippen LogP contribution in [0.4, 0.5) is 0 Å². The van der Waals surface area contributed by atoms with E-state index >= 15 is 0 Å². The van der Waals surface area contributed by atoms with Gasteiger partial charge in [0.15, 0.2) is 0 Å². The molecule has 1 nitrogen and oxygen atoms in total.